The maximum atomic E-state index is 13.4. The second-order valence-corrected chi connectivity index (χ2v) is 9.70. The molecule has 1 fully saturated rings. The molecule has 1 aliphatic carbocycles. The van der Waals surface area contributed by atoms with Gasteiger partial charge in [0.1, 0.15) is 17.0 Å². The Bertz CT molecular complexity index is 1190. The van der Waals surface area contributed by atoms with Gasteiger partial charge in [0.05, 0.1) is 12.0 Å². The number of hydrogen-bond acceptors (Lipinski definition) is 6. The van der Waals surface area contributed by atoms with E-state index in [1.54, 1.807) is 27.8 Å². The van der Waals surface area contributed by atoms with E-state index in [9.17, 15) is 13.6 Å². The van der Waals surface area contributed by atoms with Crippen molar-refractivity contribution in [2.45, 2.75) is 64.5 Å². The quantitative estimate of drug-likeness (QED) is 0.373. The largest absolute Gasteiger partial charge is 0.444 e. The van der Waals surface area contributed by atoms with E-state index in [2.05, 4.69) is 34.5 Å². The van der Waals surface area contributed by atoms with Gasteiger partial charge in [-0.25, -0.2) is 13.6 Å². The summed E-state index contributed by atoms with van der Waals surface area (Å²) in [6.07, 6.45) is -1.49. The van der Waals surface area contributed by atoms with Gasteiger partial charge in [-0.05, 0) is 57.7 Å². The summed E-state index contributed by atoms with van der Waals surface area (Å²) in [5, 5.41) is 8.22. The number of benzene rings is 1. The highest BCUT2D eigenvalue weighted by molar-refractivity contribution is 5.67. The van der Waals surface area contributed by atoms with Gasteiger partial charge in [-0.15, -0.1) is 13.2 Å². The van der Waals surface area contributed by atoms with Crippen LogP contribution in [-0.4, -0.2) is 50.1 Å². The Balaban J connectivity index is 0.00000176. The summed E-state index contributed by atoms with van der Waals surface area (Å²) in [5.74, 6) is 0.656. The van der Waals surface area contributed by atoms with E-state index in [0.717, 1.165) is 24.0 Å². The van der Waals surface area contributed by atoms with Crippen LogP contribution in [0.25, 0.3) is 11.6 Å². The van der Waals surface area contributed by atoms with Crippen LogP contribution in [0, 0.1) is 6.92 Å². The summed E-state index contributed by atoms with van der Waals surface area (Å²) < 4.78 is 39.1. The van der Waals surface area contributed by atoms with Crippen molar-refractivity contribution in [3.63, 3.8) is 0 Å². The molecule has 0 unspecified atom stereocenters. The minimum atomic E-state index is -2.76. The lowest BCUT2D eigenvalue weighted by Crippen LogP contribution is -2.36. The molecule has 0 N–H and O–H groups in total. The van der Waals surface area contributed by atoms with E-state index in [0.29, 0.717) is 5.82 Å². The fraction of sp³-hybridized carbons (Fsp3) is 0.462. The molecular weight excluding hydrogens is 468 g/mol. The third kappa shape index (κ3) is 5.80. The van der Waals surface area contributed by atoms with Gasteiger partial charge in [-0.3, -0.25) is 4.68 Å². The fourth-order valence-electron chi connectivity index (χ4n) is 3.93. The van der Waals surface area contributed by atoms with Gasteiger partial charge in [0.15, 0.2) is 5.82 Å². The van der Waals surface area contributed by atoms with Crippen molar-refractivity contribution < 1.29 is 22.8 Å². The van der Waals surface area contributed by atoms with E-state index in [4.69, 9.17) is 9.26 Å². The van der Waals surface area contributed by atoms with Crippen LogP contribution >= 0.6 is 0 Å². The van der Waals surface area contributed by atoms with E-state index in [1.165, 1.54) is 15.6 Å². The van der Waals surface area contributed by atoms with E-state index < -0.39 is 23.8 Å². The molecule has 8 nitrogen and oxygen atoms in total. The predicted molar refractivity (Wildman–Crippen MR) is 132 cm³/mol. The van der Waals surface area contributed by atoms with Crippen molar-refractivity contribution in [3.8, 4) is 11.6 Å². The molecule has 1 aliphatic rings. The van der Waals surface area contributed by atoms with Crippen LogP contribution in [0.5, 0.6) is 0 Å². The Morgan fingerprint density at radius 1 is 1.28 bits per heavy atom. The average Bonchev–Trinajstić information content (AvgIpc) is 3.27. The van der Waals surface area contributed by atoms with E-state index >= 15 is 0 Å². The molecule has 0 spiro atoms. The number of hydrogen-bond donors (Lipinski definition) is 0. The number of aromatic nitrogens is 4. The highest BCUT2D eigenvalue weighted by Crippen LogP contribution is 2.53. The maximum absolute atomic E-state index is 13.4. The number of ether oxygens (including phenoxy) is 1. The molecule has 3 aromatic rings. The molecule has 194 valence electrons. The summed E-state index contributed by atoms with van der Waals surface area (Å²) in [4.78, 5) is 18.2. The van der Waals surface area contributed by atoms with Crippen molar-refractivity contribution >= 4 is 6.09 Å². The number of nitrogens with zero attached hydrogens (tertiary/aromatic N) is 5. The highest BCUT2D eigenvalue weighted by Gasteiger charge is 2.50. The molecule has 4 rings (SSSR count). The first-order valence-electron chi connectivity index (χ1n) is 11.7. The van der Waals surface area contributed by atoms with Gasteiger partial charge < -0.3 is 14.2 Å². The van der Waals surface area contributed by atoms with Crippen LogP contribution in [0.3, 0.4) is 0 Å². The Morgan fingerprint density at radius 3 is 2.53 bits per heavy atom. The molecule has 2 aromatic heterocycles. The zero-order valence-electron chi connectivity index (χ0n) is 21.4. The summed E-state index contributed by atoms with van der Waals surface area (Å²) in [7, 11) is 1.58. The topological polar surface area (TPSA) is 86.3 Å². The van der Waals surface area contributed by atoms with Gasteiger partial charge in [0, 0.05) is 13.6 Å². The smallest absolute Gasteiger partial charge is 0.410 e. The molecule has 0 atom stereocenters. The van der Waals surface area contributed by atoms with Gasteiger partial charge in [-0.1, -0.05) is 29.4 Å². The molecule has 36 heavy (non-hydrogen) atoms. The molecule has 1 amide bonds. The summed E-state index contributed by atoms with van der Waals surface area (Å²) in [6.45, 7) is 13.7. The number of halogens is 2. The SMILES string of the molecule is C=C.Cc1ccccc1C1(c2noc(-c3cc(C(F)F)nn3CCN(C)C(=O)OC(C)(C)C)n2)CC1. The molecular formula is C26H33F2N5O3. The molecule has 0 radical (unpaired) electrons. The molecule has 1 aromatic carbocycles. The molecule has 0 bridgehead atoms. The standard InChI is InChI=1S/C24H29F2N5O3.C2H4/c1-15-8-6-7-9-16(15)24(10-11-24)21-27-20(34-29-21)18-14-17(19(25)26)28-31(18)13-12-30(5)22(32)33-23(2,3)4;1-2/h6-9,14,19H,10-13H2,1-5H3;1-2H2. The molecule has 10 heteroatoms. The lowest BCUT2D eigenvalue weighted by molar-refractivity contribution is 0.0292. The number of aryl methyl sites for hydroxylation is 1. The minimum Gasteiger partial charge on any atom is -0.444 e. The number of carbonyl (C=O) groups excluding carboxylic acids is 1. The Morgan fingerprint density at radius 2 is 1.94 bits per heavy atom. The van der Waals surface area contributed by atoms with Gasteiger partial charge >= 0.3 is 6.09 Å². The molecule has 2 heterocycles. The number of carbonyl (C=O) groups is 1. The summed E-state index contributed by atoms with van der Waals surface area (Å²) in [5.41, 5.74) is 1.22. The Labute approximate surface area is 209 Å². The zero-order chi connectivity index (χ0) is 26.7. The minimum absolute atomic E-state index is 0.120. The number of rotatable bonds is 7. The Hall–Kier alpha value is -3.56. The first-order valence-corrected chi connectivity index (χ1v) is 11.7. The van der Waals surface area contributed by atoms with Crippen LogP contribution < -0.4 is 0 Å². The van der Waals surface area contributed by atoms with E-state index in [-0.39, 0.29) is 30.1 Å². The lowest BCUT2D eigenvalue weighted by atomic mass is 9.91. The third-order valence-corrected chi connectivity index (χ3v) is 5.86. The van der Waals surface area contributed by atoms with Crippen LogP contribution in [0.15, 0.2) is 48.0 Å². The first kappa shape index (κ1) is 27.0. The number of alkyl halides is 2. The molecule has 0 aliphatic heterocycles. The van der Waals surface area contributed by atoms with Crippen molar-refractivity contribution in [1.29, 1.82) is 0 Å². The third-order valence-electron chi connectivity index (χ3n) is 5.86. The highest BCUT2D eigenvalue weighted by atomic mass is 19.3. The predicted octanol–water partition coefficient (Wildman–Crippen LogP) is 5.93. The normalized spacial score (nSPS) is 14.2. The molecule has 1 saturated carbocycles. The zero-order valence-corrected chi connectivity index (χ0v) is 21.4. The van der Waals surface area contributed by atoms with Gasteiger partial charge in [-0.2, -0.15) is 10.1 Å². The maximum Gasteiger partial charge on any atom is 0.410 e. The molecule has 0 saturated heterocycles. The van der Waals surface area contributed by atoms with Gasteiger partial charge in [0.2, 0.25) is 0 Å². The number of amides is 1. The van der Waals surface area contributed by atoms with Crippen molar-refractivity contribution in [2.75, 3.05) is 13.6 Å². The fourth-order valence-corrected chi connectivity index (χ4v) is 3.93. The van der Waals surface area contributed by atoms with Crippen molar-refractivity contribution in [1.82, 2.24) is 24.8 Å². The monoisotopic (exact) mass is 501 g/mol. The Kier molecular flexibility index (Phi) is 7.96. The lowest BCUT2D eigenvalue weighted by Gasteiger charge is -2.24. The second kappa shape index (κ2) is 10.6. The second-order valence-electron chi connectivity index (χ2n) is 9.70. The van der Waals surface area contributed by atoms with Crippen LogP contribution in [-0.2, 0) is 16.7 Å². The van der Waals surface area contributed by atoms with Crippen molar-refractivity contribution in [2.24, 2.45) is 0 Å². The van der Waals surface area contributed by atoms with Crippen LogP contribution in [0.4, 0.5) is 13.6 Å². The van der Waals surface area contributed by atoms with Crippen molar-refractivity contribution in [3.05, 3.63) is 66.1 Å². The summed E-state index contributed by atoms with van der Waals surface area (Å²) in [6, 6.07) is 9.32. The number of likely N-dealkylation sites (N-methyl/N-ethyl adjacent to an activating group) is 1. The van der Waals surface area contributed by atoms with E-state index in [1.807, 2.05) is 25.1 Å². The van der Waals surface area contributed by atoms with Gasteiger partial charge in [0.25, 0.3) is 12.3 Å². The first-order chi connectivity index (χ1) is 17.0. The summed E-state index contributed by atoms with van der Waals surface area (Å²) >= 11 is 0. The average molecular weight is 502 g/mol. The van der Waals surface area contributed by atoms with Crippen LogP contribution in [0.1, 0.15) is 62.7 Å². The van der Waals surface area contributed by atoms with Crippen LogP contribution in [0.2, 0.25) is 0 Å².